The standard InChI is InChI=1S/C14H21NO3/c1-3-13-10(8-9-18-13)14(17)15(2)11-6-4-5-7-12(11)16/h8-9,11-12,16H,3-7H2,1-2H3. The van der Waals surface area contributed by atoms with Gasteiger partial charge < -0.3 is 14.4 Å². The summed E-state index contributed by atoms with van der Waals surface area (Å²) in [6.07, 6.45) is 5.64. The first kappa shape index (κ1) is 13.1. The molecule has 1 N–H and O–H groups in total. The molecule has 1 aromatic heterocycles. The van der Waals surface area contributed by atoms with E-state index in [-0.39, 0.29) is 11.9 Å². The molecule has 1 heterocycles. The summed E-state index contributed by atoms with van der Waals surface area (Å²) < 4.78 is 5.29. The van der Waals surface area contributed by atoms with Gasteiger partial charge >= 0.3 is 0 Å². The molecule has 1 aromatic rings. The van der Waals surface area contributed by atoms with E-state index in [0.29, 0.717) is 12.0 Å². The first-order chi connectivity index (χ1) is 8.65. The number of hydrogen-bond donors (Lipinski definition) is 1. The van der Waals surface area contributed by atoms with E-state index in [0.717, 1.165) is 31.4 Å². The normalized spacial score (nSPS) is 23.9. The Morgan fingerprint density at radius 3 is 2.89 bits per heavy atom. The van der Waals surface area contributed by atoms with Crippen LogP contribution in [0.15, 0.2) is 16.7 Å². The fourth-order valence-electron chi connectivity index (χ4n) is 2.69. The Labute approximate surface area is 108 Å². The van der Waals surface area contributed by atoms with Gasteiger partial charge in [0.25, 0.3) is 5.91 Å². The van der Waals surface area contributed by atoms with Crippen LogP contribution in [-0.2, 0) is 6.42 Å². The highest BCUT2D eigenvalue weighted by Gasteiger charge is 2.30. The van der Waals surface area contributed by atoms with Gasteiger partial charge in [0.05, 0.1) is 24.0 Å². The topological polar surface area (TPSA) is 53.7 Å². The van der Waals surface area contributed by atoms with E-state index < -0.39 is 6.10 Å². The Hall–Kier alpha value is -1.29. The summed E-state index contributed by atoms with van der Waals surface area (Å²) in [4.78, 5) is 14.1. The molecule has 2 rings (SSSR count). The lowest BCUT2D eigenvalue weighted by molar-refractivity contribution is 0.0266. The van der Waals surface area contributed by atoms with Gasteiger partial charge in [-0.05, 0) is 18.9 Å². The monoisotopic (exact) mass is 251 g/mol. The number of rotatable bonds is 3. The maximum atomic E-state index is 12.4. The first-order valence-electron chi connectivity index (χ1n) is 6.66. The van der Waals surface area contributed by atoms with Gasteiger partial charge in [-0.15, -0.1) is 0 Å². The first-order valence-corrected chi connectivity index (χ1v) is 6.66. The summed E-state index contributed by atoms with van der Waals surface area (Å²) in [5.74, 6) is 0.670. The number of nitrogens with zero attached hydrogens (tertiary/aromatic N) is 1. The molecular weight excluding hydrogens is 230 g/mol. The van der Waals surface area contributed by atoms with Crippen molar-refractivity contribution in [1.82, 2.24) is 4.90 Å². The van der Waals surface area contributed by atoms with Crippen molar-refractivity contribution < 1.29 is 14.3 Å². The summed E-state index contributed by atoms with van der Waals surface area (Å²) in [5.41, 5.74) is 0.623. The van der Waals surface area contributed by atoms with E-state index in [1.807, 2.05) is 6.92 Å². The molecule has 1 aliphatic rings. The number of amides is 1. The van der Waals surface area contributed by atoms with E-state index in [1.165, 1.54) is 0 Å². The molecule has 0 radical (unpaired) electrons. The fraction of sp³-hybridized carbons (Fsp3) is 0.643. The van der Waals surface area contributed by atoms with Crippen molar-refractivity contribution in [3.63, 3.8) is 0 Å². The summed E-state index contributed by atoms with van der Waals surface area (Å²) in [7, 11) is 1.77. The van der Waals surface area contributed by atoms with Crippen LogP contribution >= 0.6 is 0 Å². The summed E-state index contributed by atoms with van der Waals surface area (Å²) in [6.45, 7) is 1.96. The predicted octanol–water partition coefficient (Wildman–Crippen LogP) is 2.22. The number of hydrogen-bond acceptors (Lipinski definition) is 3. The molecular formula is C14H21NO3. The van der Waals surface area contributed by atoms with E-state index in [9.17, 15) is 9.90 Å². The number of aryl methyl sites for hydroxylation is 1. The number of aliphatic hydroxyl groups excluding tert-OH is 1. The zero-order valence-electron chi connectivity index (χ0n) is 11.1. The molecule has 1 aliphatic carbocycles. The molecule has 4 heteroatoms. The van der Waals surface area contributed by atoms with E-state index in [4.69, 9.17) is 4.42 Å². The highest BCUT2D eigenvalue weighted by Crippen LogP contribution is 2.24. The van der Waals surface area contributed by atoms with Gasteiger partial charge in [-0.25, -0.2) is 0 Å². The summed E-state index contributed by atoms with van der Waals surface area (Å²) in [6, 6.07) is 1.65. The Morgan fingerprint density at radius 1 is 1.50 bits per heavy atom. The Balaban J connectivity index is 2.13. The molecule has 18 heavy (non-hydrogen) atoms. The summed E-state index contributed by atoms with van der Waals surface area (Å²) >= 11 is 0. The second-order valence-electron chi connectivity index (χ2n) is 4.95. The second kappa shape index (κ2) is 5.57. The van der Waals surface area contributed by atoms with Gasteiger partial charge in [0.15, 0.2) is 0 Å². The SMILES string of the molecule is CCc1occc1C(=O)N(C)C1CCCCC1O. The van der Waals surface area contributed by atoms with Gasteiger partial charge in [-0.1, -0.05) is 19.8 Å². The molecule has 4 nitrogen and oxygen atoms in total. The third-order valence-electron chi connectivity index (χ3n) is 3.81. The molecule has 1 fully saturated rings. The molecule has 1 amide bonds. The molecule has 0 spiro atoms. The predicted molar refractivity (Wildman–Crippen MR) is 68.4 cm³/mol. The van der Waals surface area contributed by atoms with Crippen molar-refractivity contribution in [2.24, 2.45) is 0 Å². The van der Waals surface area contributed by atoms with Crippen LogP contribution in [0.25, 0.3) is 0 Å². The maximum Gasteiger partial charge on any atom is 0.257 e. The van der Waals surface area contributed by atoms with Crippen molar-refractivity contribution in [2.75, 3.05) is 7.05 Å². The minimum absolute atomic E-state index is 0.0495. The van der Waals surface area contributed by atoms with Gasteiger partial charge in [0.2, 0.25) is 0 Å². The molecule has 0 aliphatic heterocycles. The lowest BCUT2D eigenvalue weighted by Crippen LogP contribution is -2.46. The van der Waals surface area contributed by atoms with E-state index in [2.05, 4.69) is 0 Å². The average Bonchev–Trinajstić information content (AvgIpc) is 2.86. The van der Waals surface area contributed by atoms with Crippen molar-refractivity contribution in [3.05, 3.63) is 23.7 Å². The molecule has 2 atom stereocenters. The Bertz CT molecular complexity index is 413. The maximum absolute atomic E-state index is 12.4. The molecule has 0 bridgehead atoms. The van der Waals surface area contributed by atoms with Gasteiger partial charge in [-0.2, -0.15) is 0 Å². The smallest absolute Gasteiger partial charge is 0.257 e. The second-order valence-corrected chi connectivity index (χ2v) is 4.95. The Morgan fingerprint density at radius 2 is 2.22 bits per heavy atom. The van der Waals surface area contributed by atoms with Crippen molar-refractivity contribution in [2.45, 2.75) is 51.2 Å². The van der Waals surface area contributed by atoms with Gasteiger partial charge in [0, 0.05) is 13.5 Å². The van der Waals surface area contributed by atoms with Gasteiger partial charge in [-0.3, -0.25) is 4.79 Å². The number of aliphatic hydroxyl groups is 1. The lowest BCUT2D eigenvalue weighted by Gasteiger charge is -2.35. The minimum Gasteiger partial charge on any atom is -0.469 e. The molecule has 1 saturated carbocycles. The fourth-order valence-corrected chi connectivity index (χ4v) is 2.69. The van der Waals surface area contributed by atoms with Crippen LogP contribution in [0.1, 0.15) is 48.7 Å². The van der Waals surface area contributed by atoms with Crippen LogP contribution in [0.2, 0.25) is 0 Å². The van der Waals surface area contributed by atoms with E-state index in [1.54, 1.807) is 24.3 Å². The van der Waals surface area contributed by atoms with Gasteiger partial charge in [0.1, 0.15) is 5.76 Å². The van der Waals surface area contributed by atoms with Crippen molar-refractivity contribution in [3.8, 4) is 0 Å². The molecule has 100 valence electrons. The Kier molecular flexibility index (Phi) is 4.07. The number of carbonyl (C=O) groups excluding carboxylic acids is 1. The lowest BCUT2D eigenvalue weighted by atomic mass is 9.91. The van der Waals surface area contributed by atoms with Crippen LogP contribution in [0.5, 0.6) is 0 Å². The number of carbonyl (C=O) groups is 1. The van der Waals surface area contributed by atoms with Crippen molar-refractivity contribution in [1.29, 1.82) is 0 Å². The summed E-state index contributed by atoms with van der Waals surface area (Å²) in [5, 5.41) is 9.99. The third kappa shape index (κ3) is 2.43. The molecule has 0 aromatic carbocycles. The highest BCUT2D eigenvalue weighted by molar-refractivity contribution is 5.95. The minimum atomic E-state index is -0.398. The van der Waals surface area contributed by atoms with Crippen LogP contribution in [0.3, 0.4) is 0 Å². The van der Waals surface area contributed by atoms with Crippen LogP contribution < -0.4 is 0 Å². The third-order valence-corrected chi connectivity index (χ3v) is 3.81. The average molecular weight is 251 g/mol. The molecule has 2 unspecified atom stereocenters. The van der Waals surface area contributed by atoms with Crippen LogP contribution in [-0.4, -0.2) is 35.1 Å². The largest absolute Gasteiger partial charge is 0.469 e. The highest BCUT2D eigenvalue weighted by atomic mass is 16.3. The quantitative estimate of drug-likeness (QED) is 0.896. The molecule has 0 saturated heterocycles. The zero-order chi connectivity index (χ0) is 13.1. The zero-order valence-corrected chi connectivity index (χ0v) is 11.1. The van der Waals surface area contributed by atoms with Crippen LogP contribution in [0, 0.1) is 0 Å². The number of likely N-dealkylation sites (N-methyl/N-ethyl adjacent to an activating group) is 1. The van der Waals surface area contributed by atoms with Crippen molar-refractivity contribution >= 4 is 5.91 Å². The van der Waals surface area contributed by atoms with E-state index >= 15 is 0 Å². The van der Waals surface area contributed by atoms with Crippen LogP contribution in [0.4, 0.5) is 0 Å². The number of furan rings is 1.